The molecule has 0 aliphatic carbocycles. The average Bonchev–Trinajstić information content (AvgIpc) is 3.38. The van der Waals surface area contributed by atoms with E-state index in [1.54, 1.807) is 35.6 Å². The zero-order chi connectivity index (χ0) is 18.8. The molecule has 4 aromatic rings. The summed E-state index contributed by atoms with van der Waals surface area (Å²) in [5.74, 6) is 0.0613. The van der Waals surface area contributed by atoms with E-state index in [9.17, 15) is 4.79 Å². The minimum atomic E-state index is -0.221. The van der Waals surface area contributed by atoms with Crippen LogP contribution in [0.25, 0.3) is 10.2 Å². The lowest BCUT2D eigenvalue weighted by Gasteiger charge is -2.18. The molecule has 138 valence electrons. The molecule has 0 aliphatic heterocycles. The number of pyridine rings is 1. The minimum absolute atomic E-state index is 0.221. The molecule has 0 saturated carbocycles. The lowest BCUT2D eigenvalue weighted by Crippen LogP contribution is -2.32. The number of halogens is 1. The first kappa shape index (κ1) is 17.7. The molecule has 0 spiro atoms. The fourth-order valence-electron chi connectivity index (χ4n) is 2.79. The van der Waals surface area contributed by atoms with Crippen LogP contribution in [0.2, 0.25) is 5.15 Å². The molecule has 0 aliphatic rings. The van der Waals surface area contributed by atoms with Crippen molar-refractivity contribution in [1.29, 1.82) is 0 Å². The predicted molar refractivity (Wildman–Crippen MR) is 104 cm³/mol. The van der Waals surface area contributed by atoms with Gasteiger partial charge in [0.1, 0.15) is 10.7 Å². The van der Waals surface area contributed by atoms with Crippen LogP contribution in [-0.4, -0.2) is 32.0 Å². The molecule has 0 atom stereocenters. The van der Waals surface area contributed by atoms with E-state index in [0.29, 0.717) is 16.8 Å². The molecule has 4 heterocycles. The van der Waals surface area contributed by atoms with Crippen LogP contribution < -0.4 is 4.90 Å². The van der Waals surface area contributed by atoms with E-state index in [-0.39, 0.29) is 11.7 Å². The summed E-state index contributed by atoms with van der Waals surface area (Å²) >= 11 is 7.48. The van der Waals surface area contributed by atoms with E-state index in [2.05, 4.69) is 15.0 Å². The van der Waals surface area contributed by atoms with Crippen LogP contribution in [-0.2, 0) is 6.54 Å². The SMILES string of the molecule is Cc1nc(Cl)cc2sc(N(CCCn3ccnc3)C(=O)c3ccco3)nc12. The van der Waals surface area contributed by atoms with E-state index in [1.165, 1.54) is 17.6 Å². The smallest absolute Gasteiger partial charge is 0.295 e. The number of fused-ring (bicyclic) bond motifs is 1. The maximum absolute atomic E-state index is 13.0. The molecule has 0 aromatic carbocycles. The number of carbonyl (C=O) groups excluding carboxylic acids is 1. The van der Waals surface area contributed by atoms with Gasteiger partial charge in [-0.2, -0.15) is 0 Å². The summed E-state index contributed by atoms with van der Waals surface area (Å²) in [4.78, 5) is 27.5. The van der Waals surface area contributed by atoms with E-state index in [0.717, 1.165) is 28.9 Å². The number of furan rings is 1. The summed E-state index contributed by atoms with van der Waals surface area (Å²) in [5.41, 5.74) is 1.50. The van der Waals surface area contributed by atoms with Gasteiger partial charge in [0.2, 0.25) is 0 Å². The fourth-order valence-corrected chi connectivity index (χ4v) is 4.17. The molecule has 0 N–H and O–H groups in total. The van der Waals surface area contributed by atoms with Crippen molar-refractivity contribution < 1.29 is 9.21 Å². The monoisotopic (exact) mass is 401 g/mol. The predicted octanol–water partition coefficient (Wildman–Crippen LogP) is 4.18. The highest BCUT2D eigenvalue weighted by Gasteiger charge is 2.23. The van der Waals surface area contributed by atoms with Crippen molar-refractivity contribution >= 4 is 44.2 Å². The lowest BCUT2D eigenvalue weighted by atomic mass is 10.3. The molecule has 0 fully saturated rings. The van der Waals surface area contributed by atoms with E-state index >= 15 is 0 Å². The van der Waals surface area contributed by atoms with Gasteiger partial charge < -0.3 is 8.98 Å². The number of hydrogen-bond acceptors (Lipinski definition) is 6. The van der Waals surface area contributed by atoms with Crippen LogP contribution in [0.1, 0.15) is 22.7 Å². The third-order valence-corrected chi connectivity index (χ3v) is 5.29. The van der Waals surface area contributed by atoms with Gasteiger partial charge in [-0.05, 0) is 31.5 Å². The molecule has 0 bridgehead atoms. The number of aryl methyl sites for hydroxylation is 2. The number of carbonyl (C=O) groups is 1. The van der Waals surface area contributed by atoms with Crippen molar-refractivity contribution in [1.82, 2.24) is 19.5 Å². The number of hydrogen-bond donors (Lipinski definition) is 0. The molecule has 4 rings (SSSR count). The molecular weight excluding hydrogens is 386 g/mol. The van der Waals surface area contributed by atoms with Gasteiger partial charge in [-0.1, -0.05) is 22.9 Å². The van der Waals surface area contributed by atoms with Crippen molar-refractivity contribution in [2.75, 3.05) is 11.4 Å². The number of aromatic nitrogens is 4. The zero-order valence-electron chi connectivity index (χ0n) is 14.5. The van der Waals surface area contributed by atoms with Crippen LogP contribution in [0.15, 0.2) is 47.6 Å². The highest BCUT2D eigenvalue weighted by Crippen LogP contribution is 2.32. The van der Waals surface area contributed by atoms with Gasteiger partial charge in [0, 0.05) is 25.5 Å². The molecule has 4 aromatic heterocycles. The highest BCUT2D eigenvalue weighted by molar-refractivity contribution is 7.22. The number of anilines is 1. The van der Waals surface area contributed by atoms with Crippen molar-refractivity contribution in [3.05, 3.63) is 59.8 Å². The Morgan fingerprint density at radius 2 is 2.30 bits per heavy atom. The van der Waals surface area contributed by atoms with Gasteiger partial charge in [0.15, 0.2) is 10.9 Å². The van der Waals surface area contributed by atoms with Crippen molar-refractivity contribution in [2.24, 2.45) is 0 Å². The summed E-state index contributed by atoms with van der Waals surface area (Å²) in [5, 5.41) is 1.02. The topological polar surface area (TPSA) is 77.0 Å². The number of nitrogens with zero attached hydrogens (tertiary/aromatic N) is 5. The molecule has 1 amide bonds. The van der Waals surface area contributed by atoms with Crippen molar-refractivity contribution in [3.8, 4) is 0 Å². The molecule has 0 unspecified atom stereocenters. The summed E-state index contributed by atoms with van der Waals surface area (Å²) in [6.45, 7) is 3.10. The third-order valence-electron chi connectivity index (χ3n) is 4.07. The Bertz CT molecular complexity index is 1060. The summed E-state index contributed by atoms with van der Waals surface area (Å²) in [7, 11) is 0. The molecule has 9 heteroatoms. The van der Waals surface area contributed by atoms with Crippen LogP contribution in [0.5, 0.6) is 0 Å². The van der Waals surface area contributed by atoms with E-state index in [1.807, 2.05) is 17.7 Å². The quantitative estimate of drug-likeness (QED) is 0.453. The summed E-state index contributed by atoms with van der Waals surface area (Å²) in [6, 6.07) is 5.12. The Kier molecular flexibility index (Phi) is 4.91. The van der Waals surface area contributed by atoms with Crippen LogP contribution in [0, 0.1) is 6.92 Å². The number of thiazole rings is 1. The Labute approximate surface area is 164 Å². The first-order valence-corrected chi connectivity index (χ1v) is 9.56. The normalized spacial score (nSPS) is 11.2. The largest absolute Gasteiger partial charge is 0.459 e. The van der Waals surface area contributed by atoms with Crippen molar-refractivity contribution in [3.63, 3.8) is 0 Å². The molecule has 0 radical (unpaired) electrons. The van der Waals surface area contributed by atoms with E-state index < -0.39 is 0 Å². The Morgan fingerprint density at radius 1 is 1.41 bits per heavy atom. The second-order valence-corrected chi connectivity index (χ2v) is 7.36. The number of amides is 1. The summed E-state index contributed by atoms with van der Waals surface area (Å²) in [6.07, 6.45) is 7.62. The summed E-state index contributed by atoms with van der Waals surface area (Å²) < 4.78 is 8.18. The second-order valence-electron chi connectivity index (χ2n) is 5.96. The second kappa shape index (κ2) is 7.50. The van der Waals surface area contributed by atoms with Crippen LogP contribution in [0.4, 0.5) is 5.13 Å². The van der Waals surface area contributed by atoms with Gasteiger partial charge >= 0.3 is 0 Å². The first-order chi connectivity index (χ1) is 13.1. The van der Waals surface area contributed by atoms with Crippen LogP contribution in [0.3, 0.4) is 0 Å². The lowest BCUT2D eigenvalue weighted by molar-refractivity contribution is 0.0959. The maximum Gasteiger partial charge on any atom is 0.295 e. The van der Waals surface area contributed by atoms with Gasteiger partial charge in [-0.15, -0.1) is 0 Å². The standard InChI is InChI=1S/C18H16ClN5O2S/c1-12-16-14(10-15(19)21-12)27-18(22-16)24(17(25)13-4-2-9-26-13)7-3-6-23-8-5-20-11-23/h2,4-5,8-11H,3,6-7H2,1H3. The third kappa shape index (κ3) is 3.72. The van der Waals surface area contributed by atoms with Gasteiger partial charge in [-0.25, -0.2) is 15.0 Å². The van der Waals surface area contributed by atoms with Crippen molar-refractivity contribution in [2.45, 2.75) is 19.9 Å². The molecule has 27 heavy (non-hydrogen) atoms. The Morgan fingerprint density at radius 3 is 3.04 bits per heavy atom. The fraction of sp³-hybridized carbons (Fsp3) is 0.222. The Balaban J connectivity index is 1.64. The highest BCUT2D eigenvalue weighted by atomic mass is 35.5. The zero-order valence-corrected chi connectivity index (χ0v) is 16.1. The molecular formula is C18H16ClN5O2S. The van der Waals surface area contributed by atoms with Gasteiger partial charge in [0.25, 0.3) is 5.91 Å². The first-order valence-electron chi connectivity index (χ1n) is 8.36. The average molecular weight is 402 g/mol. The van der Waals surface area contributed by atoms with Gasteiger partial charge in [0.05, 0.1) is 23.0 Å². The minimum Gasteiger partial charge on any atom is -0.459 e. The van der Waals surface area contributed by atoms with Crippen LogP contribution >= 0.6 is 22.9 Å². The number of rotatable bonds is 6. The molecule has 0 saturated heterocycles. The van der Waals surface area contributed by atoms with E-state index in [4.69, 9.17) is 16.0 Å². The molecule has 7 nitrogen and oxygen atoms in total. The number of imidazole rings is 1. The maximum atomic E-state index is 13.0. The Hall–Kier alpha value is -2.71. The van der Waals surface area contributed by atoms with Gasteiger partial charge in [-0.3, -0.25) is 9.69 Å².